The Morgan fingerprint density at radius 2 is 2.11 bits per heavy atom. The van der Waals surface area contributed by atoms with E-state index in [0.717, 1.165) is 17.5 Å². The minimum Gasteiger partial charge on any atom is -0.475 e. The summed E-state index contributed by atoms with van der Waals surface area (Å²) in [4.78, 5) is 11.2. The van der Waals surface area contributed by atoms with Crippen molar-refractivity contribution in [1.82, 2.24) is 5.32 Å². The Hall–Kier alpha value is -1.81. The summed E-state index contributed by atoms with van der Waals surface area (Å²) in [5.41, 5.74) is 1.34. The molecule has 2 rings (SSSR count). The van der Waals surface area contributed by atoms with Crippen LogP contribution < -0.4 is 5.32 Å². The number of carbonyl (C=O) groups is 1. The molecule has 0 atom stereocenters. The molecule has 0 saturated carbocycles. The number of para-hydroxylation sites is 1. The van der Waals surface area contributed by atoms with Crippen molar-refractivity contribution in [3.05, 3.63) is 35.6 Å². The van der Waals surface area contributed by atoms with Gasteiger partial charge in [0, 0.05) is 17.5 Å². The molecule has 2 N–H and O–H groups in total. The van der Waals surface area contributed by atoms with Gasteiger partial charge >= 0.3 is 5.97 Å². The van der Waals surface area contributed by atoms with Crippen LogP contribution in [0.3, 0.4) is 0 Å². The van der Waals surface area contributed by atoms with Crippen LogP contribution in [0.4, 0.5) is 0 Å². The number of furan rings is 1. The molecular weight excluding hydrogens is 230 g/mol. The second-order valence-corrected chi connectivity index (χ2v) is 4.74. The second-order valence-electron chi connectivity index (χ2n) is 4.74. The van der Waals surface area contributed by atoms with Crippen molar-refractivity contribution >= 4 is 16.9 Å². The molecule has 0 fully saturated rings. The Kier molecular flexibility index (Phi) is 3.67. The highest BCUT2D eigenvalue weighted by Crippen LogP contribution is 2.25. The molecule has 4 heteroatoms. The van der Waals surface area contributed by atoms with E-state index in [0.29, 0.717) is 18.0 Å². The monoisotopic (exact) mass is 247 g/mol. The molecule has 0 radical (unpaired) electrons. The minimum absolute atomic E-state index is 0.0347. The number of hydrogen-bond donors (Lipinski definition) is 2. The van der Waals surface area contributed by atoms with Gasteiger partial charge in [-0.25, -0.2) is 4.79 Å². The smallest absolute Gasteiger partial charge is 0.372 e. The highest BCUT2D eigenvalue weighted by atomic mass is 16.4. The zero-order chi connectivity index (χ0) is 13.1. The molecule has 1 heterocycles. The summed E-state index contributed by atoms with van der Waals surface area (Å²) in [7, 11) is 0. The van der Waals surface area contributed by atoms with Gasteiger partial charge in [-0.05, 0) is 18.5 Å². The summed E-state index contributed by atoms with van der Waals surface area (Å²) < 4.78 is 5.38. The van der Waals surface area contributed by atoms with Gasteiger partial charge in [0.05, 0.1) is 0 Å². The third-order valence-electron chi connectivity index (χ3n) is 2.75. The summed E-state index contributed by atoms with van der Waals surface area (Å²) >= 11 is 0. The molecule has 1 aromatic heterocycles. The predicted octanol–water partition coefficient (Wildman–Crippen LogP) is 2.88. The van der Waals surface area contributed by atoms with Crippen molar-refractivity contribution < 1.29 is 14.3 Å². The van der Waals surface area contributed by atoms with E-state index >= 15 is 0 Å². The summed E-state index contributed by atoms with van der Waals surface area (Å²) in [6.07, 6.45) is 0. The summed E-state index contributed by atoms with van der Waals surface area (Å²) in [6.45, 7) is 5.58. The van der Waals surface area contributed by atoms with Gasteiger partial charge < -0.3 is 14.8 Å². The first-order chi connectivity index (χ1) is 8.59. The van der Waals surface area contributed by atoms with Crippen LogP contribution in [0, 0.1) is 5.92 Å². The van der Waals surface area contributed by atoms with Gasteiger partial charge in [-0.15, -0.1) is 0 Å². The Morgan fingerprint density at radius 3 is 2.78 bits per heavy atom. The van der Waals surface area contributed by atoms with Crippen LogP contribution in [0.5, 0.6) is 0 Å². The molecule has 1 aromatic carbocycles. The minimum atomic E-state index is -1.02. The van der Waals surface area contributed by atoms with Crippen molar-refractivity contribution in [2.24, 2.45) is 5.92 Å². The molecule has 4 nitrogen and oxygen atoms in total. The number of benzene rings is 1. The molecule has 2 aromatic rings. The van der Waals surface area contributed by atoms with Crippen LogP contribution in [0.25, 0.3) is 11.0 Å². The number of fused-ring (bicyclic) bond motifs is 1. The molecule has 0 aliphatic rings. The van der Waals surface area contributed by atoms with Gasteiger partial charge in [0.25, 0.3) is 0 Å². The Morgan fingerprint density at radius 1 is 1.39 bits per heavy atom. The molecule has 0 amide bonds. The largest absolute Gasteiger partial charge is 0.475 e. The zero-order valence-corrected chi connectivity index (χ0v) is 10.6. The van der Waals surface area contributed by atoms with E-state index in [1.54, 1.807) is 6.07 Å². The maximum atomic E-state index is 11.2. The topological polar surface area (TPSA) is 62.5 Å². The SMILES string of the molecule is CC(C)CNCc1c(C(=O)O)oc2ccccc12. The molecule has 0 aliphatic heterocycles. The highest BCUT2D eigenvalue weighted by Gasteiger charge is 2.19. The van der Waals surface area contributed by atoms with Gasteiger partial charge in [-0.3, -0.25) is 0 Å². The van der Waals surface area contributed by atoms with E-state index in [1.165, 1.54) is 0 Å². The van der Waals surface area contributed by atoms with Crippen LogP contribution in [0.1, 0.15) is 30.0 Å². The Bertz CT molecular complexity index is 557. The quantitative estimate of drug-likeness (QED) is 0.852. The molecule has 0 bridgehead atoms. The van der Waals surface area contributed by atoms with Crippen molar-refractivity contribution in [2.45, 2.75) is 20.4 Å². The van der Waals surface area contributed by atoms with E-state index in [9.17, 15) is 4.79 Å². The lowest BCUT2D eigenvalue weighted by Gasteiger charge is -2.06. The van der Waals surface area contributed by atoms with Crippen molar-refractivity contribution in [3.63, 3.8) is 0 Å². The number of hydrogen-bond acceptors (Lipinski definition) is 3. The number of carboxylic acids is 1. The molecule has 0 aliphatic carbocycles. The molecule has 0 unspecified atom stereocenters. The van der Waals surface area contributed by atoms with Crippen molar-refractivity contribution in [3.8, 4) is 0 Å². The Labute approximate surface area is 106 Å². The fraction of sp³-hybridized carbons (Fsp3) is 0.357. The fourth-order valence-corrected chi connectivity index (χ4v) is 1.93. The first kappa shape index (κ1) is 12.6. The molecule has 96 valence electrons. The first-order valence-electron chi connectivity index (χ1n) is 6.04. The normalized spacial score (nSPS) is 11.3. The second kappa shape index (κ2) is 5.23. The molecule has 18 heavy (non-hydrogen) atoms. The summed E-state index contributed by atoms with van der Waals surface area (Å²) in [6, 6.07) is 7.39. The van der Waals surface area contributed by atoms with Crippen molar-refractivity contribution in [1.29, 1.82) is 0 Å². The highest BCUT2D eigenvalue weighted by molar-refractivity contribution is 5.95. The Balaban J connectivity index is 2.33. The lowest BCUT2D eigenvalue weighted by molar-refractivity contribution is 0.0663. The van der Waals surface area contributed by atoms with Crippen LogP contribution >= 0.6 is 0 Å². The van der Waals surface area contributed by atoms with Crippen LogP contribution in [0.15, 0.2) is 28.7 Å². The van der Waals surface area contributed by atoms with Gasteiger partial charge in [-0.2, -0.15) is 0 Å². The van der Waals surface area contributed by atoms with Crippen molar-refractivity contribution in [2.75, 3.05) is 6.54 Å². The van der Waals surface area contributed by atoms with Crippen LogP contribution in [0.2, 0.25) is 0 Å². The third kappa shape index (κ3) is 2.54. The van der Waals surface area contributed by atoms with Gasteiger partial charge in [-0.1, -0.05) is 32.0 Å². The van der Waals surface area contributed by atoms with E-state index in [2.05, 4.69) is 19.2 Å². The average molecular weight is 247 g/mol. The number of nitrogens with one attached hydrogen (secondary N) is 1. The average Bonchev–Trinajstić information content (AvgIpc) is 2.68. The standard InChI is InChI=1S/C14H17NO3/c1-9(2)7-15-8-11-10-5-3-4-6-12(10)18-13(11)14(16)17/h3-6,9,15H,7-8H2,1-2H3,(H,16,17). The molecule has 0 saturated heterocycles. The molecule has 0 spiro atoms. The number of carboxylic acid groups (broad SMARTS) is 1. The van der Waals surface area contributed by atoms with Gasteiger partial charge in [0.2, 0.25) is 5.76 Å². The lowest BCUT2D eigenvalue weighted by Crippen LogP contribution is -2.20. The summed E-state index contributed by atoms with van der Waals surface area (Å²) in [5, 5.41) is 13.3. The van der Waals surface area contributed by atoms with E-state index in [1.807, 2.05) is 18.2 Å². The van der Waals surface area contributed by atoms with E-state index in [4.69, 9.17) is 9.52 Å². The molecular formula is C14H17NO3. The number of rotatable bonds is 5. The van der Waals surface area contributed by atoms with Gasteiger partial charge in [0.1, 0.15) is 5.58 Å². The third-order valence-corrected chi connectivity index (χ3v) is 2.75. The summed E-state index contributed by atoms with van der Waals surface area (Å²) in [5.74, 6) is -0.462. The van der Waals surface area contributed by atoms with E-state index in [-0.39, 0.29) is 5.76 Å². The van der Waals surface area contributed by atoms with Crippen LogP contribution in [-0.4, -0.2) is 17.6 Å². The lowest BCUT2D eigenvalue weighted by atomic mass is 10.1. The predicted molar refractivity (Wildman–Crippen MR) is 69.7 cm³/mol. The zero-order valence-electron chi connectivity index (χ0n) is 10.6. The van der Waals surface area contributed by atoms with Crippen LogP contribution in [-0.2, 0) is 6.54 Å². The number of aromatic carboxylic acids is 1. The van der Waals surface area contributed by atoms with E-state index < -0.39 is 5.97 Å². The maximum Gasteiger partial charge on any atom is 0.372 e. The first-order valence-corrected chi connectivity index (χ1v) is 6.04. The fourth-order valence-electron chi connectivity index (χ4n) is 1.93. The maximum absolute atomic E-state index is 11.2. The van der Waals surface area contributed by atoms with Gasteiger partial charge in [0.15, 0.2) is 0 Å².